The second-order valence-electron chi connectivity index (χ2n) is 4.55. The predicted octanol–water partition coefficient (Wildman–Crippen LogP) is 1.06. The highest BCUT2D eigenvalue weighted by Crippen LogP contribution is 2.31. The van der Waals surface area contributed by atoms with Crippen molar-refractivity contribution in [1.29, 1.82) is 0 Å². The lowest BCUT2D eigenvalue weighted by Crippen LogP contribution is -2.51. The Balaban J connectivity index is 2.34. The summed E-state index contributed by atoms with van der Waals surface area (Å²) < 4.78 is 5.36. The van der Waals surface area contributed by atoms with Crippen molar-refractivity contribution in [3.05, 3.63) is 29.8 Å². The van der Waals surface area contributed by atoms with E-state index in [9.17, 15) is 4.79 Å². The molecule has 18 heavy (non-hydrogen) atoms. The van der Waals surface area contributed by atoms with Crippen molar-refractivity contribution in [3.63, 3.8) is 0 Å². The minimum atomic E-state index is -0.376. The van der Waals surface area contributed by atoms with Crippen LogP contribution in [-0.4, -0.2) is 49.6 Å². The van der Waals surface area contributed by atoms with E-state index >= 15 is 0 Å². The summed E-state index contributed by atoms with van der Waals surface area (Å²) in [5.74, 6) is 0.795. The van der Waals surface area contributed by atoms with Gasteiger partial charge >= 0.3 is 6.03 Å². The summed E-state index contributed by atoms with van der Waals surface area (Å²) in [5, 5.41) is 0. The van der Waals surface area contributed by atoms with Crippen LogP contribution in [-0.2, 0) is 0 Å². The molecule has 0 aromatic heterocycles. The van der Waals surface area contributed by atoms with Crippen LogP contribution in [0.2, 0.25) is 0 Å². The first-order valence-corrected chi connectivity index (χ1v) is 6.01. The van der Waals surface area contributed by atoms with Crippen molar-refractivity contribution in [3.8, 4) is 5.75 Å². The van der Waals surface area contributed by atoms with Gasteiger partial charge in [-0.25, -0.2) is 4.79 Å². The Bertz CT molecular complexity index is 436. The summed E-state index contributed by atoms with van der Waals surface area (Å²) in [6, 6.07) is 7.34. The molecule has 1 heterocycles. The molecule has 1 aliphatic rings. The molecule has 1 aromatic rings. The Morgan fingerprint density at radius 3 is 2.78 bits per heavy atom. The Kier molecular flexibility index (Phi) is 3.72. The summed E-state index contributed by atoms with van der Waals surface area (Å²) in [5.41, 5.74) is 6.46. The van der Waals surface area contributed by atoms with Gasteiger partial charge in [0.1, 0.15) is 5.75 Å². The van der Waals surface area contributed by atoms with Crippen molar-refractivity contribution < 1.29 is 9.53 Å². The van der Waals surface area contributed by atoms with Crippen molar-refractivity contribution in [2.45, 2.75) is 6.04 Å². The van der Waals surface area contributed by atoms with Gasteiger partial charge in [0.05, 0.1) is 13.2 Å². The molecule has 0 saturated carbocycles. The number of hydrogen-bond donors (Lipinski definition) is 1. The van der Waals surface area contributed by atoms with Crippen molar-refractivity contribution in [1.82, 2.24) is 9.80 Å². The minimum Gasteiger partial charge on any atom is -0.496 e. The quantitative estimate of drug-likeness (QED) is 0.852. The van der Waals surface area contributed by atoms with Crippen LogP contribution in [0.5, 0.6) is 5.75 Å². The molecule has 5 heteroatoms. The topological polar surface area (TPSA) is 58.8 Å². The van der Waals surface area contributed by atoms with Gasteiger partial charge in [-0.05, 0) is 13.1 Å². The fraction of sp³-hybridized carbons (Fsp3) is 0.462. The van der Waals surface area contributed by atoms with Gasteiger partial charge in [-0.2, -0.15) is 0 Å². The Morgan fingerprint density at radius 2 is 2.11 bits per heavy atom. The molecule has 1 aliphatic heterocycles. The van der Waals surface area contributed by atoms with Gasteiger partial charge in [0, 0.05) is 25.2 Å². The number of benzene rings is 1. The molecule has 1 aromatic carbocycles. The first-order valence-electron chi connectivity index (χ1n) is 6.01. The normalized spacial score (nSPS) is 20.8. The van der Waals surface area contributed by atoms with E-state index in [0.29, 0.717) is 6.54 Å². The SMILES string of the molecule is COc1ccccc1C1CN(C)CCN1C(N)=O. The lowest BCUT2D eigenvalue weighted by molar-refractivity contribution is 0.113. The van der Waals surface area contributed by atoms with E-state index in [1.54, 1.807) is 12.0 Å². The zero-order valence-corrected chi connectivity index (χ0v) is 10.8. The lowest BCUT2D eigenvalue weighted by atomic mass is 10.0. The van der Waals surface area contributed by atoms with Gasteiger partial charge < -0.3 is 20.3 Å². The third-order valence-corrected chi connectivity index (χ3v) is 3.36. The Morgan fingerprint density at radius 1 is 1.39 bits per heavy atom. The fourth-order valence-corrected chi connectivity index (χ4v) is 2.39. The summed E-state index contributed by atoms with van der Waals surface area (Å²) in [6.07, 6.45) is 0. The van der Waals surface area contributed by atoms with Gasteiger partial charge in [-0.3, -0.25) is 0 Å². The zero-order valence-electron chi connectivity index (χ0n) is 10.8. The van der Waals surface area contributed by atoms with Gasteiger partial charge in [0.25, 0.3) is 0 Å². The van der Waals surface area contributed by atoms with E-state index in [2.05, 4.69) is 4.90 Å². The molecule has 1 fully saturated rings. The van der Waals surface area contributed by atoms with Crippen molar-refractivity contribution >= 4 is 6.03 Å². The molecule has 5 nitrogen and oxygen atoms in total. The molecular weight excluding hydrogens is 230 g/mol. The summed E-state index contributed by atoms with van der Waals surface area (Å²) in [6.45, 7) is 2.26. The molecular formula is C13H19N3O2. The lowest BCUT2D eigenvalue weighted by Gasteiger charge is -2.39. The van der Waals surface area contributed by atoms with Crippen LogP contribution in [0.3, 0.4) is 0 Å². The maximum atomic E-state index is 11.5. The van der Waals surface area contributed by atoms with Crippen molar-refractivity contribution in [2.75, 3.05) is 33.8 Å². The van der Waals surface area contributed by atoms with Crippen LogP contribution >= 0.6 is 0 Å². The third-order valence-electron chi connectivity index (χ3n) is 3.36. The molecule has 0 bridgehead atoms. The number of para-hydroxylation sites is 1. The van der Waals surface area contributed by atoms with E-state index in [1.807, 2.05) is 31.3 Å². The predicted molar refractivity (Wildman–Crippen MR) is 69.5 cm³/mol. The third kappa shape index (κ3) is 2.41. The average Bonchev–Trinajstić information content (AvgIpc) is 2.38. The smallest absolute Gasteiger partial charge is 0.315 e. The summed E-state index contributed by atoms with van der Waals surface area (Å²) in [4.78, 5) is 15.4. The molecule has 0 spiro atoms. The van der Waals surface area contributed by atoms with Crippen LogP contribution < -0.4 is 10.5 Å². The number of nitrogens with zero attached hydrogens (tertiary/aromatic N) is 2. The molecule has 0 radical (unpaired) electrons. The second-order valence-corrected chi connectivity index (χ2v) is 4.55. The number of carbonyl (C=O) groups excluding carboxylic acids is 1. The Hall–Kier alpha value is -1.75. The second kappa shape index (κ2) is 5.27. The zero-order chi connectivity index (χ0) is 13.1. The molecule has 1 saturated heterocycles. The summed E-state index contributed by atoms with van der Waals surface area (Å²) in [7, 11) is 3.68. The number of likely N-dealkylation sites (N-methyl/N-ethyl adjacent to an activating group) is 1. The molecule has 2 N–H and O–H groups in total. The maximum absolute atomic E-state index is 11.5. The molecule has 2 rings (SSSR count). The van der Waals surface area contributed by atoms with Crippen molar-refractivity contribution in [2.24, 2.45) is 5.73 Å². The number of hydrogen-bond acceptors (Lipinski definition) is 3. The van der Waals surface area contributed by atoms with Crippen LogP contribution in [0.4, 0.5) is 4.79 Å². The number of piperazine rings is 1. The molecule has 1 unspecified atom stereocenters. The average molecular weight is 249 g/mol. The fourth-order valence-electron chi connectivity index (χ4n) is 2.39. The number of carbonyl (C=O) groups is 1. The first-order chi connectivity index (χ1) is 8.63. The van der Waals surface area contributed by atoms with E-state index < -0.39 is 0 Å². The highest BCUT2D eigenvalue weighted by Gasteiger charge is 2.30. The minimum absolute atomic E-state index is 0.0441. The first kappa shape index (κ1) is 12.7. The molecule has 1 atom stereocenters. The number of rotatable bonds is 2. The van der Waals surface area contributed by atoms with Gasteiger partial charge in [-0.1, -0.05) is 18.2 Å². The molecule has 0 aliphatic carbocycles. The van der Waals surface area contributed by atoms with Gasteiger partial charge in [0.15, 0.2) is 0 Å². The van der Waals surface area contributed by atoms with Gasteiger partial charge in [0.2, 0.25) is 0 Å². The number of urea groups is 1. The van der Waals surface area contributed by atoms with Crippen LogP contribution in [0.25, 0.3) is 0 Å². The van der Waals surface area contributed by atoms with E-state index in [-0.39, 0.29) is 12.1 Å². The Labute approximate surface area is 107 Å². The van der Waals surface area contributed by atoms with Gasteiger partial charge in [-0.15, -0.1) is 0 Å². The van der Waals surface area contributed by atoms with Crippen LogP contribution in [0.15, 0.2) is 24.3 Å². The number of amides is 2. The van der Waals surface area contributed by atoms with E-state index in [4.69, 9.17) is 10.5 Å². The largest absolute Gasteiger partial charge is 0.496 e. The number of primary amides is 1. The van der Waals surface area contributed by atoms with E-state index in [0.717, 1.165) is 24.4 Å². The molecule has 98 valence electrons. The van der Waals surface area contributed by atoms with Crippen LogP contribution in [0, 0.1) is 0 Å². The monoisotopic (exact) mass is 249 g/mol. The number of ether oxygens (including phenoxy) is 1. The van der Waals surface area contributed by atoms with E-state index in [1.165, 1.54) is 0 Å². The highest BCUT2D eigenvalue weighted by atomic mass is 16.5. The maximum Gasteiger partial charge on any atom is 0.315 e. The molecule has 2 amide bonds. The summed E-state index contributed by atoms with van der Waals surface area (Å²) >= 11 is 0. The van der Waals surface area contributed by atoms with Crippen LogP contribution in [0.1, 0.15) is 11.6 Å². The standard InChI is InChI=1S/C13H19N3O2/c1-15-7-8-16(13(14)17)11(9-15)10-5-3-4-6-12(10)18-2/h3-6,11H,7-9H2,1-2H3,(H2,14,17). The highest BCUT2D eigenvalue weighted by molar-refractivity contribution is 5.73. The number of methoxy groups -OCH3 is 1. The number of nitrogens with two attached hydrogens (primary N) is 1.